The summed E-state index contributed by atoms with van der Waals surface area (Å²) in [6.45, 7) is 5.32. The van der Waals surface area contributed by atoms with Gasteiger partial charge >= 0.3 is 0 Å². The van der Waals surface area contributed by atoms with Crippen molar-refractivity contribution in [3.8, 4) is 11.5 Å². The molecular weight excluding hydrogens is 335 g/mol. The molecular formula is C21H27FO4. The number of ether oxygens (including phenoxy) is 2. The first-order chi connectivity index (χ1) is 12.3. The Hall–Kier alpha value is -2.11. The largest absolute Gasteiger partial charge is 0.491 e. The first kappa shape index (κ1) is 20.2. The lowest BCUT2D eigenvalue weighted by Crippen LogP contribution is -2.20. The molecule has 0 saturated heterocycles. The Bertz CT molecular complexity index is 665. The van der Waals surface area contributed by atoms with Crippen molar-refractivity contribution in [3.05, 3.63) is 59.7 Å². The van der Waals surface area contributed by atoms with Crippen molar-refractivity contribution in [2.75, 3.05) is 19.9 Å². The summed E-state index contributed by atoms with van der Waals surface area (Å²) >= 11 is 0. The molecule has 0 bridgehead atoms. The second-order valence-electron chi connectivity index (χ2n) is 6.95. The summed E-state index contributed by atoms with van der Waals surface area (Å²) in [4.78, 5) is 0. The van der Waals surface area contributed by atoms with Gasteiger partial charge in [0, 0.05) is 5.41 Å². The molecule has 0 radical (unpaired) electrons. The first-order valence-corrected chi connectivity index (χ1v) is 8.71. The zero-order chi connectivity index (χ0) is 19.2. The maximum atomic E-state index is 12.3. The number of hydrogen-bond acceptors (Lipinski definition) is 4. The second kappa shape index (κ2) is 9.01. The van der Waals surface area contributed by atoms with Crippen LogP contribution in [-0.4, -0.2) is 42.3 Å². The fourth-order valence-electron chi connectivity index (χ4n) is 2.56. The normalized spacial score (nSPS) is 13.9. The number of benzene rings is 2. The van der Waals surface area contributed by atoms with Crippen molar-refractivity contribution < 1.29 is 24.1 Å². The van der Waals surface area contributed by atoms with Gasteiger partial charge in [0.1, 0.15) is 37.5 Å². The lowest BCUT2D eigenvalue weighted by molar-refractivity contribution is 0.0842. The second-order valence-corrected chi connectivity index (χ2v) is 6.95. The van der Waals surface area contributed by atoms with Crippen LogP contribution in [0.2, 0.25) is 0 Å². The summed E-state index contributed by atoms with van der Waals surface area (Å²) in [5.74, 6) is 1.32. The molecule has 0 aliphatic heterocycles. The molecule has 0 heterocycles. The summed E-state index contributed by atoms with van der Waals surface area (Å²) in [5, 5.41) is 18.5. The Labute approximate surface area is 154 Å². The van der Waals surface area contributed by atoms with Crippen LogP contribution in [0.4, 0.5) is 4.39 Å². The van der Waals surface area contributed by atoms with E-state index in [1.54, 1.807) is 6.92 Å². The van der Waals surface area contributed by atoms with Gasteiger partial charge in [-0.25, -0.2) is 4.39 Å². The van der Waals surface area contributed by atoms with Crippen LogP contribution in [0.15, 0.2) is 48.5 Å². The maximum Gasteiger partial charge on any atom is 0.119 e. The highest BCUT2D eigenvalue weighted by atomic mass is 19.1. The molecule has 0 aromatic heterocycles. The van der Waals surface area contributed by atoms with Crippen LogP contribution in [0.5, 0.6) is 11.5 Å². The number of alkyl halides is 1. The minimum Gasteiger partial charge on any atom is -0.491 e. The van der Waals surface area contributed by atoms with E-state index in [1.165, 1.54) is 0 Å². The Morgan fingerprint density at radius 1 is 0.846 bits per heavy atom. The number of halogens is 1. The molecule has 2 aromatic carbocycles. The van der Waals surface area contributed by atoms with Crippen molar-refractivity contribution in [3.63, 3.8) is 0 Å². The van der Waals surface area contributed by atoms with E-state index < -0.39 is 18.9 Å². The molecule has 26 heavy (non-hydrogen) atoms. The molecule has 0 aliphatic rings. The lowest BCUT2D eigenvalue weighted by Gasteiger charge is -2.26. The lowest BCUT2D eigenvalue weighted by atomic mass is 9.78. The maximum absolute atomic E-state index is 12.3. The van der Waals surface area contributed by atoms with Gasteiger partial charge in [-0.15, -0.1) is 0 Å². The SMILES string of the molecule is CC(O)COc1ccc(C(C)(C)c2ccc(OCC(O)CF)cc2)cc1. The van der Waals surface area contributed by atoms with Gasteiger partial charge in [-0.05, 0) is 42.3 Å². The van der Waals surface area contributed by atoms with Crippen LogP contribution in [0, 0.1) is 0 Å². The number of aliphatic hydroxyl groups is 2. The molecule has 2 aromatic rings. The molecule has 2 N–H and O–H groups in total. The molecule has 5 heteroatoms. The van der Waals surface area contributed by atoms with Gasteiger partial charge in [0.25, 0.3) is 0 Å². The Balaban J connectivity index is 2.06. The zero-order valence-corrected chi connectivity index (χ0v) is 15.5. The van der Waals surface area contributed by atoms with Crippen LogP contribution in [0.25, 0.3) is 0 Å². The number of aliphatic hydroxyl groups excluding tert-OH is 2. The average molecular weight is 362 g/mol. The molecule has 142 valence electrons. The Morgan fingerprint density at radius 3 is 1.65 bits per heavy atom. The van der Waals surface area contributed by atoms with Crippen molar-refractivity contribution in [2.45, 2.75) is 38.4 Å². The van der Waals surface area contributed by atoms with Crippen molar-refractivity contribution in [1.29, 1.82) is 0 Å². The molecule has 0 aliphatic carbocycles. The van der Waals surface area contributed by atoms with Crippen LogP contribution < -0.4 is 9.47 Å². The van der Waals surface area contributed by atoms with Gasteiger partial charge < -0.3 is 19.7 Å². The van der Waals surface area contributed by atoms with Gasteiger partial charge in [0.15, 0.2) is 0 Å². The van der Waals surface area contributed by atoms with Crippen molar-refractivity contribution in [1.82, 2.24) is 0 Å². The Kier molecular flexibility index (Phi) is 7.00. The van der Waals surface area contributed by atoms with E-state index in [2.05, 4.69) is 13.8 Å². The van der Waals surface area contributed by atoms with Crippen LogP contribution in [-0.2, 0) is 5.41 Å². The van der Waals surface area contributed by atoms with Crippen molar-refractivity contribution in [2.24, 2.45) is 0 Å². The van der Waals surface area contributed by atoms with Gasteiger partial charge in [-0.2, -0.15) is 0 Å². The first-order valence-electron chi connectivity index (χ1n) is 8.71. The third kappa shape index (κ3) is 5.44. The van der Waals surface area contributed by atoms with E-state index in [0.29, 0.717) is 5.75 Å². The minimum absolute atomic E-state index is 0.0623. The molecule has 0 fully saturated rings. The van der Waals surface area contributed by atoms with Gasteiger partial charge in [0.2, 0.25) is 0 Å². The van der Waals surface area contributed by atoms with Crippen molar-refractivity contribution >= 4 is 0 Å². The molecule has 0 spiro atoms. The van der Waals surface area contributed by atoms with Crippen LogP contribution >= 0.6 is 0 Å². The molecule has 0 saturated carbocycles. The number of rotatable bonds is 9. The summed E-state index contributed by atoms with van der Waals surface area (Å²) in [7, 11) is 0. The summed E-state index contributed by atoms with van der Waals surface area (Å²) in [5.41, 5.74) is 2.01. The predicted molar refractivity (Wildman–Crippen MR) is 99.7 cm³/mol. The summed E-state index contributed by atoms with van der Waals surface area (Å²) in [6.07, 6.45) is -1.60. The Morgan fingerprint density at radius 2 is 1.27 bits per heavy atom. The van der Waals surface area contributed by atoms with E-state index in [4.69, 9.17) is 9.47 Å². The van der Waals surface area contributed by atoms with E-state index in [9.17, 15) is 14.6 Å². The molecule has 4 nitrogen and oxygen atoms in total. The highest BCUT2D eigenvalue weighted by Crippen LogP contribution is 2.33. The van der Waals surface area contributed by atoms with Gasteiger partial charge in [-0.3, -0.25) is 0 Å². The third-order valence-corrected chi connectivity index (χ3v) is 4.26. The quantitative estimate of drug-likeness (QED) is 0.717. The van der Waals surface area contributed by atoms with E-state index in [-0.39, 0.29) is 18.6 Å². The fraction of sp³-hybridized carbons (Fsp3) is 0.429. The molecule has 2 unspecified atom stereocenters. The predicted octanol–water partition coefficient (Wildman–Crippen LogP) is 3.48. The van der Waals surface area contributed by atoms with Gasteiger partial charge in [0.05, 0.1) is 6.10 Å². The van der Waals surface area contributed by atoms with Gasteiger partial charge in [-0.1, -0.05) is 38.1 Å². The smallest absolute Gasteiger partial charge is 0.119 e. The number of hydrogen-bond donors (Lipinski definition) is 2. The molecule has 0 amide bonds. The molecule has 2 rings (SSSR count). The third-order valence-electron chi connectivity index (χ3n) is 4.26. The van der Waals surface area contributed by atoms with E-state index >= 15 is 0 Å². The average Bonchev–Trinajstić information content (AvgIpc) is 2.65. The fourth-order valence-corrected chi connectivity index (χ4v) is 2.56. The van der Waals surface area contributed by atoms with E-state index in [0.717, 1.165) is 16.9 Å². The highest BCUT2D eigenvalue weighted by molar-refractivity contribution is 5.41. The monoisotopic (exact) mass is 362 g/mol. The zero-order valence-electron chi connectivity index (χ0n) is 15.5. The summed E-state index contributed by atoms with van der Waals surface area (Å²) in [6, 6.07) is 15.4. The van der Waals surface area contributed by atoms with E-state index in [1.807, 2.05) is 48.5 Å². The highest BCUT2D eigenvalue weighted by Gasteiger charge is 2.23. The van der Waals surface area contributed by atoms with Crippen LogP contribution in [0.1, 0.15) is 31.9 Å². The minimum atomic E-state index is -1.10. The molecule has 2 atom stereocenters. The topological polar surface area (TPSA) is 58.9 Å². The standard InChI is InChI=1S/C21H27FO4/c1-15(23)13-25-19-8-4-16(5-9-19)21(2,3)17-6-10-20(11-7-17)26-14-18(24)12-22/h4-11,15,18,23-24H,12-14H2,1-3H3. The summed E-state index contributed by atoms with van der Waals surface area (Å²) < 4.78 is 23.1. The van der Waals surface area contributed by atoms with Crippen LogP contribution in [0.3, 0.4) is 0 Å².